The summed E-state index contributed by atoms with van der Waals surface area (Å²) in [5.41, 5.74) is 29.0. The standard InChI is InChI=1S/C104H74F2N2/c1-5-23-96-90(8-4)92-62-58-86(66-98(92)102(96,80-46-50-82(105)51-47-80)78-42-34-70(6-2)35-43-78)107(84-54-38-74(39-55-84)72-24-13-9-14-25-72)88-60-64-94-95-65-61-89(69-101(95)104(100(94)68-88,76-28-17-11-18-29-76)77-30-19-12-20-31-77)108(85-56-40-75(41-57-85)73-26-15-10-16-27-73)87-59-63-93-91-32-21-22-33-97(91)103(99(93)67-87,81-48-52-83(106)53-49-81)79-44-36-71(7-3)37-45-79/h5-69H,2-4H2,1H3/b23-5-. The Balaban J connectivity index is 0.871. The smallest absolute Gasteiger partial charge is 0.123 e. The van der Waals surface area contributed by atoms with Gasteiger partial charge in [0.15, 0.2) is 0 Å². The Morgan fingerprint density at radius 1 is 0.259 bits per heavy atom. The summed E-state index contributed by atoms with van der Waals surface area (Å²) in [5.74, 6) is -0.597. The van der Waals surface area contributed by atoms with Gasteiger partial charge in [0.05, 0.1) is 16.2 Å². The van der Waals surface area contributed by atoms with E-state index in [9.17, 15) is 0 Å². The van der Waals surface area contributed by atoms with Gasteiger partial charge in [-0.1, -0.05) is 317 Å². The zero-order chi connectivity index (χ0) is 73.1. The van der Waals surface area contributed by atoms with Gasteiger partial charge in [0.25, 0.3) is 0 Å². The fourth-order valence-electron chi connectivity index (χ4n) is 17.9. The fraction of sp³-hybridized carbons (Fsp3) is 0.0385. The number of fused-ring (bicyclic) bond motifs is 7. The first-order valence-electron chi connectivity index (χ1n) is 36.9. The first kappa shape index (κ1) is 66.4. The molecule has 2 atom stereocenters. The van der Waals surface area contributed by atoms with Crippen LogP contribution in [-0.2, 0) is 16.2 Å². The van der Waals surface area contributed by atoms with Crippen molar-refractivity contribution in [2.24, 2.45) is 0 Å². The first-order valence-corrected chi connectivity index (χ1v) is 36.9. The van der Waals surface area contributed by atoms with E-state index in [1.165, 1.54) is 0 Å². The zero-order valence-electron chi connectivity index (χ0n) is 59.8. The van der Waals surface area contributed by atoms with E-state index in [0.717, 1.165) is 168 Å². The van der Waals surface area contributed by atoms with Gasteiger partial charge in [-0.15, -0.1) is 0 Å². The van der Waals surface area contributed by atoms with Crippen molar-refractivity contribution < 1.29 is 8.78 Å². The Morgan fingerprint density at radius 2 is 0.556 bits per heavy atom. The Morgan fingerprint density at radius 3 is 0.935 bits per heavy atom. The molecule has 3 aliphatic rings. The Bertz CT molecular complexity index is 5980. The molecule has 15 aromatic carbocycles. The molecule has 0 aromatic heterocycles. The molecular formula is C104H74F2N2. The van der Waals surface area contributed by atoms with Crippen LogP contribution < -0.4 is 9.80 Å². The minimum atomic E-state index is -0.906. The van der Waals surface area contributed by atoms with Crippen LogP contribution in [0.15, 0.2) is 408 Å². The summed E-state index contributed by atoms with van der Waals surface area (Å²) < 4.78 is 30.8. The molecule has 4 heteroatoms. The van der Waals surface area contributed by atoms with Crippen LogP contribution in [0.5, 0.6) is 0 Å². The summed E-state index contributed by atoms with van der Waals surface area (Å²) in [5, 5.41) is 0. The molecular weight excluding hydrogens is 1320 g/mol. The van der Waals surface area contributed by atoms with Gasteiger partial charge >= 0.3 is 0 Å². The second-order valence-electron chi connectivity index (χ2n) is 28.1. The van der Waals surface area contributed by atoms with E-state index >= 15 is 8.78 Å². The van der Waals surface area contributed by atoms with Crippen LogP contribution in [0.1, 0.15) is 84.8 Å². The monoisotopic (exact) mass is 1390 g/mol. The van der Waals surface area contributed by atoms with Crippen molar-refractivity contribution in [3.63, 3.8) is 0 Å². The van der Waals surface area contributed by atoms with Gasteiger partial charge in [-0.05, 0) is 238 Å². The van der Waals surface area contributed by atoms with E-state index in [0.29, 0.717) is 0 Å². The molecule has 2 nitrogen and oxygen atoms in total. The molecule has 0 radical (unpaired) electrons. The van der Waals surface area contributed by atoms with Gasteiger partial charge in [-0.2, -0.15) is 0 Å². The second-order valence-corrected chi connectivity index (χ2v) is 28.1. The lowest BCUT2D eigenvalue weighted by atomic mass is 9.66. The van der Waals surface area contributed by atoms with E-state index in [1.807, 2.05) is 42.5 Å². The molecule has 0 heterocycles. The highest BCUT2D eigenvalue weighted by Gasteiger charge is 2.50. The molecule has 2 unspecified atom stereocenters. The van der Waals surface area contributed by atoms with E-state index in [1.54, 1.807) is 24.3 Å². The lowest BCUT2D eigenvalue weighted by molar-refractivity contribution is 0.624. The van der Waals surface area contributed by atoms with Gasteiger partial charge in [-0.3, -0.25) is 0 Å². The summed E-state index contributed by atoms with van der Waals surface area (Å²) in [7, 11) is 0. The largest absolute Gasteiger partial charge is 0.310 e. The summed E-state index contributed by atoms with van der Waals surface area (Å²) in [6.07, 6.45) is 10.0. The van der Waals surface area contributed by atoms with Gasteiger partial charge in [0, 0.05) is 34.1 Å². The molecule has 0 saturated heterocycles. The van der Waals surface area contributed by atoms with Gasteiger partial charge in [0.1, 0.15) is 11.6 Å². The molecule has 0 saturated carbocycles. The Hall–Kier alpha value is -13.5. The fourth-order valence-corrected chi connectivity index (χ4v) is 17.9. The summed E-state index contributed by atoms with van der Waals surface area (Å²) in [4.78, 5) is 4.83. The quantitative estimate of drug-likeness (QED) is 0.0845. The van der Waals surface area contributed by atoms with Crippen molar-refractivity contribution in [1.82, 2.24) is 0 Å². The third kappa shape index (κ3) is 10.6. The van der Waals surface area contributed by atoms with Crippen molar-refractivity contribution in [3.8, 4) is 44.5 Å². The van der Waals surface area contributed by atoms with Crippen LogP contribution in [-0.4, -0.2) is 0 Å². The molecule has 0 bridgehead atoms. The number of anilines is 6. The van der Waals surface area contributed by atoms with Crippen LogP contribution in [0.25, 0.3) is 62.2 Å². The predicted octanol–water partition coefficient (Wildman–Crippen LogP) is 27.1. The molecule has 0 spiro atoms. The molecule has 18 rings (SSSR count). The van der Waals surface area contributed by atoms with Crippen molar-refractivity contribution in [2.75, 3.05) is 9.80 Å². The van der Waals surface area contributed by atoms with Gasteiger partial charge in [0.2, 0.25) is 0 Å². The molecule has 0 aliphatic heterocycles. The summed E-state index contributed by atoms with van der Waals surface area (Å²) in [6, 6.07) is 129. The minimum Gasteiger partial charge on any atom is -0.310 e. The Kier molecular flexibility index (Phi) is 16.7. The first-order chi connectivity index (χ1) is 53.2. The van der Waals surface area contributed by atoms with Crippen LogP contribution >= 0.6 is 0 Å². The number of benzene rings is 15. The van der Waals surface area contributed by atoms with E-state index in [-0.39, 0.29) is 11.6 Å². The molecule has 3 aliphatic carbocycles. The maximum atomic E-state index is 15.4. The van der Waals surface area contributed by atoms with Gasteiger partial charge in [-0.25, -0.2) is 8.78 Å². The highest BCUT2D eigenvalue weighted by molar-refractivity contribution is 5.97. The molecule has 514 valence electrons. The normalized spacial score (nSPS) is 15.5. The predicted molar refractivity (Wildman–Crippen MR) is 446 cm³/mol. The molecule has 0 fully saturated rings. The van der Waals surface area contributed by atoms with Crippen molar-refractivity contribution in [3.05, 3.63) is 497 Å². The summed E-state index contributed by atoms with van der Waals surface area (Å²) >= 11 is 0. The maximum absolute atomic E-state index is 15.4. The van der Waals surface area contributed by atoms with Crippen LogP contribution in [0.2, 0.25) is 0 Å². The lowest BCUT2D eigenvalue weighted by Crippen LogP contribution is -2.30. The van der Waals surface area contributed by atoms with Crippen LogP contribution in [0.3, 0.4) is 0 Å². The molecule has 108 heavy (non-hydrogen) atoms. The van der Waals surface area contributed by atoms with E-state index in [4.69, 9.17) is 0 Å². The molecule has 15 aromatic rings. The number of nitrogens with zero attached hydrogens (tertiary/aromatic N) is 2. The topological polar surface area (TPSA) is 6.48 Å². The number of rotatable bonds is 18. The third-order valence-corrected chi connectivity index (χ3v) is 22.7. The molecule has 0 amide bonds. The number of hydrogen-bond acceptors (Lipinski definition) is 2. The van der Waals surface area contributed by atoms with Crippen molar-refractivity contribution in [2.45, 2.75) is 23.2 Å². The van der Waals surface area contributed by atoms with E-state index < -0.39 is 16.2 Å². The average molecular weight is 1390 g/mol. The van der Waals surface area contributed by atoms with Crippen molar-refractivity contribution >= 4 is 51.8 Å². The van der Waals surface area contributed by atoms with Crippen LogP contribution in [0.4, 0.5) is 42.9 Å². The maximum Gasteiger partial charge on any atom is 0.123 e. The van der Waals surface area contributed by atoms with E-state index in [2.05, 4.69) is 364 Å². The van der Waals surface area contributed by atoms with Crippen LogP contribution in [0, 0.1) is 11.6 Å². The number of allylic oxidation sites excluding steroid dienone is 5. The van der Waals surface area contributed by atoms with Gasteiger partial charge < -0.3 is 9.80 Å². The second kappa shape index (κ2) is 27.2. The summed E-state index contributed by atoms with van der Waals surface area (Å²) in [6.45, 7) is 14.8. The minimum absolute atomic E-state index is 0.291. The van der Waals surface area contributed by atoms with Crippen molar-refractivity contribution in [1.29, 1.82) is 0 Å². The SMILES string of the molecule is C=CC1=C(/C=C\C)C(c2ccc(F)cc2)(c2ccc(C=C)cc2)c2cc(N(c3ccc(-c4ccccc4)cc3)c3ccc4c(c3)C(c3ccccc3)(c3ccccc3)c3cc(N(c5ccc(-c6ccccc6)cc5)c5ccc6c(c5)C(c5ccc(F)cc5)(c5ccc(C=C)cc5)c5ccccc5-6)ccc3-4)ccc21. The lowest BCUT2D eigenvalue weighted by Gasteiger charge is -2.37. The Labute approximate surface area is 631 Å². The number of hydrogen-bond donors (Lipinski definition) is 0. The number of halogens is 2. The molecule has 0 N–H and O–H groups in total. The third-order valence-electron chi connectivity index (χ3n) is 22.7. The highest BCUT2D eigenvalue weighted by Crippen LogP contribution is 2.62. The average Bonchev–Trinajstić information content (AvgIpc) is 1.54. The zero-order valence-corrected chi connectivity index (χ0v) is 59.8. The highest BCUT2D eigenvalue weighted by atomic mass is 19.1.